The Morgan fingerprint density at radius 2 is 1.94 bits per heavy atom. The number of nitrogens with two attached hydrogens (primary N) is 1. The minimum atomic E-state index is 0.345. The molecule has 0 radical (unpaired) electrons. The van der Waals surface area contributed by atoms with Crippen molar-refractivity contribution in [1.29, 1.82) is 0 Å². The van der Waals surface area contributed by atoms with Crippen molar-refractivity contribution < 1.29 is 5.21 Å². The Labute approximate surface area is 105 Å². The number of amidine groups is 1. The lowest BCUT2D eigenvalue weighted by molar-refractivity contribution is 0.155. The molecule has 0 aromatic carbocycles. The van der Waals surface area contributed by atoms with Crippen LogP contribution in [-0.4, -0.2) is 35.1 Å². The number of hydrogen-bond donors (Lipinski definition) is 2. The summed E-state index contributed by atoms with van der Waals surface area (Å²) in [4.78, 5) is 2.45. The summed E-state index contributed by atoms with van der Waals surface area (Å²) in [5, 5.41) is 11.8. The zero-order valence-electron chi connectivity index (χ0n) is 11.2. The lowest BCUT2D eigenvalue weighted by atomic mass is 10.0. The van der Waals surface area contributed by atoms with Gasteiger partial charge >= 0.3 is 0 Å². The summed E-state index contributed by atoms with van der Waals surface area (Å²) in [6, 6.07) is 1.07. The standard InChI is InChI=1S/C13H27N3O/c1-3-11(10-13(14)15-17)16(2)12-8-6-4-5-7-9-12/h11-12,17H,3-10H2,1-2H3,(H2,14,15). The molecule has 100 valence electrons. The fourth-order valence-corrected chi connectivity index (χ4v) is 2.82. The molecule has 0 heterocycles. The molecule has 0 spiro atoms. The van der Waals surface area contributed by atoms with Crippen molar-refractivity contribution >= 4 is 5.84 Å². The molecule has 1 saturated carbocycles. The fraction of sp³-hybridized carbons (Fsp3) is 0.923. The highest BCUT2D eigenvalue weighted by Gasteiger charge is 2.23. The van der Waals surface area contributed by atoms with Gasteiger partial charge in [0.05, 0.1) is 0 Å². The second kappa shape index (κ2) is 7.54. The summed E-state index contributed by atoms with van der Waals surface area (Å²) >= 11 is 0. The molecule has 1 unspecified atom stereocenters. The van der Waals surface area contributed by atoms with Crippen LogP contribution in [-0.2, 0) is 0 Å². The molecule has 0 aromatic rings. The van der Waals surface area contributed by atoms with E-state index in [0.29, 0.717) is 24.3 Å². The second-order valence-corrected chi connectivity index (χ2v) is 5.17. The third-order valence-electron chi connectivity index (χ3n) is 4.02. The van der Waals surface area contributed by atoms with E-state index in [4.69, 9.17) is 10.9 Å². The molecule has 4 nitrogen and oxygen atoms in total. The molecule has 0 bridgehead atoms. The van der Waals surface area contributed by atoms with Crippen LogP contribution >= 0.6 is 0 Å². The van der Waals surface area contributed by atoms with Crippen LogP contribution in [0.5, 0.6) is 0 Å². The summed E-state index contributed by atoms with van der Waals surface area (Å²) in [5.74, 6) is 0.345. The van der Waals surface area contributed by atoms with Crippen molar-refractivity contribution in [3.05, 3.63) is 0 Å². The van der Waals surface area contributed by atoms with Crippen molar-refractivity contribution in [2.75, 3.05) is 7.05 Å². The van der Waals surface area contributed by atoms with Crippen LogP contribution in [0.1, 0.15) is 58.3 Å². The van der Waals surface area contributed by atoms with Gasteiger partial charge in [-0.15, -0.1) is 0 Å². The van der Waals surface area contributed by atoms with Crippen molar-refractivity contribution in [2.45, 2.75) is 70.4 Å². The van der Waals surface area contributed by atoms with Crippen LogP contribution in [0.25, 0.3) is 0 Å². The molecule has 17 heavy (non-hydrogen) atoms. The number of nitrogens with zero attached hydrogens (tertiary/aromatic N) is 2. The molecule has 0 saturated heterocycles. The molecule has 1 aliphatic carbocycles. The second-order valence-electron chi connectivity index (χ2n) is 5.17. The van der Waals surface area contributed by atoms with Crippen LogP contribution in [0, 0.1) is 0 Å². The first-order valence-corrected chi connectivity index (χ1v) is 6.87. The molecule has 0 amide bonds. The van der Waals surface area contributed by atoms with E-state index in [9.17, 15) is 0 Å². The molecule has 1 rings (SSSR count). The Hall–Kier alpha value is -0.770. The highest BCUT2D eigenvalue weighted by molar-refractivity contribution is 5.80. The van der Waals surface area contributed by atoms with Crippen LogP contribution < -0.4 is 5.73 Å². The molecular formula is C13H27N3O. The number of hydrogen-bond acceptors (Lipinski definition) is 3. The summed E-state index contributed by atoms with van der Waals surface area (Å²) < 4.78 is 0. The first kappa shape index (κ1) is 14.3. The average Bonchev–Trinajstić information content (AvgIpc) is 2.63. The van der Waals surface area contributed by atoms with Gasteiger partial charge in [0, 0.05) is 18.5 Å². The monoisotopic (exact) mass is 241 g/mol. The highest BCUT2D eigenvalue weighted by Crippen LogP contribution is 2.23. The Bertz CT molecular complexity index is 235. The molecule has 1 aliphatic rings. The molecule has 0 aromatic heterocycles. The third-order valence-corrected chi connectivity index (χ3v) is 4.02. The first-order chi connectivity index (χ1) is 8.19. The fourth-order valence-electron chi connectivity index (χ4n) is 2.82. The zero-order chi connectivity index (χ0) is 12.7. The van der Waals surface area contributed by atoms with E-state index in [1.165, 1.54) is 38.5 Å². The predicted molar refractivity (Wildman–Crippen MR) is 71.4 cm³/mol. The SMILES string of the molecule is CCC(C/C(N)=N/O)N(C)C1CCCCCC1. The van der Waals surface area contributed by atoms with Crippen molar-refractivity contribution in [3.8, 4) is 0 Å². The third kappa shape index (κ3) is 4.54. The van der Waals surface area contributed by atoms with Gasteiger partial charge in [0.15, 0.2) is 0 Å². The molecule has 0 aliphatic heterocycles. The Morgan fingerprint density at radius 3 is 2.41 bits per heavy atom. The predicted octanol–water partition coefficient (Wildman–Crippen LogP) is 2.56. The van der Waals surface area contributed by atoms with Crippen LogP contribution in [0.2, 0.25) is 0 Å². The maximum absolute atomic E-state index is 8.66. The first-order valence-electron chi connectivity index (χ1n) is 6.87. The van der Waals surface area contributed by atoms with Crippen LogP contribution in [0.15, 0.2) is 5.16 Å². The quantitative estimate of drug-likeness (QED) is 0.256. The summed E-state index contributed by atoms with van der Waals surface area (Å²) in [6.45, 7) is 2.17. The van der Waals surface area contributed by atoms with Gasteiger partial charge in [0.1, 0.15) is 5.84 Å². The minimum Gasteiger partial charge on any atom is -0.409 e. The Balaban J connectivity index is 2.54. The van der Waals surface area contributed by atoms with Crippen LogP contribution in [0.3, 0.4) is 0 Å². The van der Waals surface area contributed by atoms with Gasteiger partial charge in [-0.05, 0) is 26.3 Å². The van der Waals surface area contributed by atoms with Gasteiger partial charge in [-0.25, -0.2) is 0 Å². The maximum Gasteiger partial charge on any atom is 0.140 e. The number of rotatable bonds is 5. The van der Waals surface area contributed by atoms with Crippen LogP contribution in [0.4, 0.5) is 0 Å². The Kier molecular flexibility index (Phi) is 6.34. The van der Waals surface area contributed by atoms with E-state index in [-0.39, 0.29) is 0 Å². The summed E-state index contributed by atoms with van der Waals surface area (Å²) in [5.41, 5.74) is 5.62. The maximum atomic E-state index is 8.66. The van der Waals surface area contributed by atoms with Crippen molar-refractivity contribution in [1.82, 2.24) is 4.90 Å². The van der Waals surface area contributed by atoms with E-state index >= 15 is 0 Å². The van der Waals surface area contributed by atoms with Gasteiger partial charge < -0.3 is 15.8 Å². The van der Waals surface area contributed by atoms with Gasteiger partial charge in [-0.3, -0.25) is 0 Å². The lowest BCUT2D eigenvalue weighted by Gasteiger charge is -2.34. The minimum absolute atomic E-state index is 0.345. The van der Waals surface area contributed by atoms with Gasteiger partial charge in [-0.1, -0.05) is 37.8 Å². The van der Waals surface area contributed by atoms with Gasteiger partial charge in [0.25, 0.3) is 0 Å². The molecule has 1 fully saturated rings. The van der Waals surface area contributed by atoms with E-state index in [1.54, 1.807) is 0 Å². The summed E-state index contributed by atoms with van der Waals surface area (Å²) in [6.07, 6.45) is 9.74. The van der Waals surface area contributed by atoms with Gasteiger partial charge in [0.2, 0.25) is 0 Å². The molecule has 1 atom stereocenters. The largest absolute Gasteiger partial charge is 0.409 e. The van der Waals surface area contributed by atoms with E-state index in [0.717, 1.165) is 6.42 Å². The van der Waals surface area contributed by atoms with E-state index < -0.39 is 0 Å². The lowest BCUT2D eigenvalue weighted by Crippen LogP contribution is -2.41. The topological polar surface area (TPSA) is 61.9 Å². The van der Waals surface area contributed by atoms with Crippen molar-refractivity contribution in [2.24, 2.45) is 10.9 Å². The number of oxime groups is 1. The van der Waals surface area contributed by atoms with E-state index in [1.807, 2.05) is 0 Å². The van der Waals surface area contributed by atoms with Gasteiger partial charge in [-0.2, -0.15) is 0 Å². The summed E-state index contributed by atoms with van der Waals surface area (Å²) in [7, 11) is 2.19. The molecular weight excluding hydrogens is 214 g/mol. The average molecular weight is 241 g/mol. The smallest absolute Gasteiger partial charge is 0.140 e. The Morgan fingerprint density at radius 1 is 1.35 bits per heavy atom. The molecule has 3 N–H and O–H groups in total. The highest BCUT2D eigenvalue weighted by atomic mass is 16.4. The normalized spacial score (nSPS) is 21.5. The molecule has 4 heteroatoms. The zero-order valence-corrected chi connectivity index (χ0v) is 11.2. The van der Waals surface area contributed by atoms with E-state index in [2.05, 4.69) is 24.0 Å². The van der Waals surface area contributed by atoms with Crippen molar-refractivity contribution in [3.63, 3.8) is 0 Å².